The number of hydrogen-bond acceptors (Lipinski definition) is 5. The van der Waals surface area contributed by atoms with Gasteiger partial charge in [-0.3, -0.25) is 4.98 Å². The van der Waals surface area contributed by atoms with Gasteiger partial charge in [-0.25, -0.2) is 4.39 Å². The minimum atomic E-state index is -0.896. The Morgan fingerprint density at radius 3 is 2.83 bits per heavy atom. The van der Waals surface area contributed by atoms with Crippen LogP contribution in [0.5, 0.6) is 0 Å². The Kier molecular flexibility index (Phi) is 4.33. The maximum atomic E-state index is 13.6. The van der Waals surface area contributed by atoms with E-state index in [4.69, 9.17) is 18.8 Å². The minimum Gasteiger partial charge on any atom is -0.396 e. The van der Waals surface area contributed by atoms with Crippen LogP contribution in [-0.2, 0) is 0 Å². The fourth-order valence-corrected chi connectivity index (χ4v) is 3.23. The van der Waals surface area contributed by atoms with Gasteiger partial charge >= 0.3 is 0 Å². The van der Waals surface area contributed by atoms with E-state index in [0.717, 1.165) is 12.8 Å². The second kappa shape index (κ2) is 6.29. The summed E-state index contributed by atoms with van der Waals surface area (Å²) in [6.45, 7) is 0. The third-order valence-electron chi connectivity index (χ3n) is 4.69. The van der Waals surface area contributed by atoms with Crippen molar-refractivity contribution in [1.29, 1.82) is 5.26 Å². The smallest absolute Gasteiger partial charge is 0.118 e. The maximum Gasteiger partial charge on any atom is 0.118 e. The van der Waals surface area contributed by atoms with Gasteiger partial charge < -0.3 is 16.2 Å². The molecule has 1 aliphatic carbocycles. The van der Waals surface area contributed by atoms with Crippen molar-refractivity contribution in [3.05, 3.63) is 24.1 Å². The van der Waals surface area contributed by atoms with Crippen molar-refractivity contribution in [2.45, 2.75) is 43.7 Å². The van der Waals surface area contributed by atoms with Crippen molar-refractivity contribution in [3.8, 4) is 6.07 Å². The second-order valence-electron chi connectivity index (χ2n) is 6.46. The highest BCUT2D eigenvalue weighted by molar-refractivity contribution is 6.33. The Bertz CT molecular complexity index is 812. The Hall–Kier alpha value is -2.33. The summed E-state index contributed by atoms with van der Waals surface area (Å²) < 4.78 is 13.6. The van der Waals surface area contributed by atoms with E-state index in [1.807, 2.05) is 6.07 Å². The molecule has 7 heteroatoms. The van der Waals surface area contributed by atoms with Gasteiger partial charge in [0.2, 0.25) is 0 Å². The van der Waals surface area contributed by atoms with Gasteiger partial charge in [-0.05, 0) is 31.7 Å². The fraction of sp³-hybridized carbons (Fsp3) is 0.412. The normalized spacial score (nSPS) is 23.8. The van der Waals surface area contributed by atoms with Gasteiger partial charge in [0.25, 0.3) is 0 Å². The number of halogens is 1. The number of nitrogens with zero attached hydrogens (tertiary/aromatic N) is 2. The maximum absolute atomic E-state index is 13.6. The van der Waals surface area contributed by atoms with Crippen molar-refractivity contribution in [2.24, 2.45) is 0 Å². The van der Waals surface area contributed by atoms with Crippen LogP contribution in [0.25, 0.3) is 10.9 Å². The fourth-order valence-electron chi connectivity index (χ4n) is 3.23. The number of fused-ring (bicyclic) bond motifs is 1. The SMILES string of the molecule is [B]c1cc2c(NC3CCC(O)(CC#N)CC3)c(N)cnc2cc1F. The van der Waals surface area contributed by atoms with E-state index in [1.165, 1.54) is 18.3 Å². The Morgan fingerprint density at radius 2 is 2.17 bits per heavy atom. The van der Waals surface area contributed by atoms with Gasteiger partial charge in [-0.2, -0.15) is 5.26 Å². The summed E-state index contributed by atoms with van der Waals surface area (Å²) in [6.07, 6.45) is 4.19. The van der Waals surface area contributed by atoms with Gasteiger partial charge in [-0.15, -0.1) is 0 Å². The highest BCUT2D eigenvalue weighted by Crippen LogP contribution is 2.35. The van der Waals surface area contributed by atoms with Crippen LogP contribution in [0.15, 0.2) is 18.3 Å². The summed E-state index contributed by atoms with van der Waals surface area (Å²) in [5, 5.41) is 23.2. The number of nitrogens with one attached hydrogen (secondary N) is 1. The minimum absolute atomic E-state index is 0.0463. The van der Waals surface area contributed by atoms with E-state index in [2.05, 4.69) is 10.3 Å². The van der Waals surface area contributed by atoms with Crippen LogP contribution < -0.4 is 16.5 Å². The van der Waals surface area contributed by atoms with E-state index in [1.54, 1.807) is 0 Å². The molecule has 1 aromatic carbocycles. The summed E-state index contributed by atoms with van der Waals surface area (Å²) in [6, 6.07) is 4.98. The van der Waals surface area contributed by atoms with Crippen molar-refractivity contribution >= 4 is 35.6 Å². The van der Waals surface area contributed by atoms with Crippen LogP contribution in [0.1, 0.15) is 32.1 Å². The molecular formula is C17H18BFN4O. The van der Waals surface area contributed by atoms with Crippen molar-refractivity contribution in [1.82, 2.24) is 4.98 Å². The molecule has 4 N–H and O–H groups in total. The second-order valence-corrected chi connectivity index (χ2v) is 6.46. The first kappa shape index (κ1) is 16.5. The first-order valence-electron chi connectivity index (χ1n) is 7.91. The van der Waals surface area contributed by atoms with Crippen LogP contribution in [0.3, 0.4) is 0 Å². The molecule has 1 aromatic heterocycles. The molecule has 2 radical (unpaired) electrons. The third kappa shape index (κ3) is 3.15. The van der Waals surface area contributed by atoms with Crippen LogP contribution in [0.2, 0.25) is 0 Å². The number of hydrogen-bond donors (Lipinski definition) is 3. The molecule has 0 bridgehead atoms. The van der Waals surface area contributed by atoms with Crippen LogP contribution in [0.4, 0.5) is 15.8 Å². The van der Waals surface area contributed by atoms with E-state index in [-0.39, 0.29) is 17.9 Å². The van der Waals surface area contributed by atoms with Crippen molar-refractivity contribution < 1.29 is 9.50 Å². The first-order chi connectivity index (χ1) is 11.4. The summed E-state index contributed by atoms with van der Waals surface area (Å²) in [4.78, 5) is 4.15. The lowest BCUT2D eigenvalue weighted by molar-refractivity contribution is 0.00587. The molecule has 0 saturated heterocycles. The van der Waals surface area contributed by atoms with Crippen LogP contribution in [-0.4, -0.2) is 29.6 Å². The highest BCUT2D eigenvalue weighted by Gasteiger charge is 2.33. The molecule has 1 fully saturated rings. The number of aliphatic hydroxyl groups is 1. The molecule has 0 amide bonds. The molecule has 0 spiro atoms. The largest absolute Gasteiger partial charge is 0.396 e. The van der Waals surface area contributed by atoms with Gasteiger partial charge in [0.1, 0.15) is 13.7 Å². The van der Waals surface area contributed by atoms with Crippen molar-refractivity contribution in [2.75, 3.05) is 11.1 Å². The van der Waals surface area contributed by atoms with Gasteiger partial charge in [-0.1, -0.05) is 11.5 Å². The Labute approximate surface area is 141 Å². The molecule has 3 rings (SSSR count). The number of nitriles is 1. The highest BCUT2D eigenvalue weighted by atomic mass is 19.1. The van der Waals surface area contributed by atoms with Gasteiger partial charge in [0.15, 0.2) is 0 Å². The number of rotatable bonds is 3. The number of nitrogens with two attached hydrogens (primary N) is 1. The lowest BCUT2D eigenvalue weighted by Gasteiger charge is -2.35. The molecule has 24 heavy (non-hydrogen) atoms. The topological polar surface area (TPSA) is 95.0 Å². The van der Waals surface area contributed by atoms with E-state index < -0.39 is 11.4 Å². The summed E-state index contributed by atoms with van der Waals surface area (Å²) in [5.74, 6) is -0.509. The molecule has 1 aliphatic rings. The molecule has 0 aliphatic heterocycles. The van der Waals surface area contributed by atoms with Gasteiger partial charge in [0, 0.05) is 11.4 Å². The first-order valence-corrected chi connectivity index (χ1v) is 7.91. The average molecular weight is 324 g/mol. The molecule has 1 heterocycles. The summed E-state index contributed by atoms with van der Waals surface area (Å²) >= 11 is 0. The zero-order chi connectivity index (χ0) is 17.3. The number of aromatic nitrogens is 1. The molecule has 122 valence electrons. The lowest BCUT2D eigenvalue weighted by atomic mass is 9.80. The molecular weight excluding hydrogens is 306 g/mol. The molecule has 0 unspecified atom stereocenters. The van der Waals surface area contributed by atoms with E-state index >= 15 is 0 Å². The number of benzene rings is 1. The van der Waals surface area contributed by atoms with Crippen LogP contribution >= 0.6 is 0 Å². The third-order valence-corrected chi connectivity index (χ3v) is 4.69. The number of pyridine rings is 1. The summed E-state index contributed by atoms with van der Waals surface area (Å²) in [5.41, 5.74) is 6.82. The number of anilines is 2. The van der Waals surface area contributed by atoms with Crippen molar-refractivity contribution in [3.63, 3.8) is 0 Å². The van der Waals surface area contributed by atoms with Crippen LogP contribution in [0, 0.1) is 17.1 Å². The molecule has 2 aromatic rings. The predicted octanol–water partition coefficient (Wildman–Crippen LogP) is 1.75. The van der Waals surface area contributed by atoms with E-state index in [0.29, 0.717) is 35.1 Å². The monoisotopic (exact) mass is 324 g/mol. The zero-order valence-corrected chi connectivity index (χ0v) is 13.2. The van der Waals surface area contributed by atoms with E-state index in [9.17, 15) is 9.50 Å². The average Bonchev–Trinajstić information content (AvgIpc) is 2.54. The predicted molar refractivity (Wildman–Crippen MR) is 92.6 cm³/mol. The standard InChI is InChI=1S/C17H18BFN4O/c18-12-7-11-15(8-13(12)19)22-9-14(21)16(11)23-10-1-3-17(24,4-2-10)5-6-20/h7-10,24H,1-5,21H2,(H,22,23). The lowest BCUT2D eigenvalue weighted by Crippen LogP contribution is -2.38. The zero-order valence-electron chi connectivity index (χ0n) is 13.2. The molecule has 0 atom stereocenters. The van der Waals surface area contributed by atoms with Gasteiger partial charge in [0.05, 0.1) is 41.2 Å². The summed E-state index contributed by atoms with van der Waals surface area (Å²) in [7, 11) is 5.67. The molecule has 5 nitrogen and oxygen atoms in total. The Morgan fingerprint density at radius 1 is 1.46 bits per heavy atom. The number of nitrogen functional groups attached to an aromatic ring is 1. The Balaban J connectivity index is 1.85. The quantitative estimate of drug-likeness (QED) is 0.748. The molecule has 1 saturated carbocycles.